The zero-order valence-electron chi connectivity index (χ0n) is 9.89. The van der Waals surface area contributed by atoms with Gasteiger partial charge in [0.25, 0.3) is 0 Å². The molecule has 0 fully saturated rings. The van der Waals surface area contributed by atoms with Gasteiger partial charge in [-0.2, -0.15) is 0 Å². The van der Waals surface area contributed by atoms with Crippen LogP contribution in [0.25, 0.3) is 0 Å². The van der Waals surface area contributed by atoms with Crippen molar-refractivity contribution in [1.82, 2.24) is 0 Å². The maximum atomic E-state index is 11.3. The van der Waals surface area contributed by atoms with Gasteiger partial charge >= 0.3 is 5.97 Å². The van der Waals surface area contributed by atoms with Crippen LogP contribution in [0.1, 0.15) is 24.2 Å². The number of aromatic carboxylic acids is 1. The Morgan fingerprint density at radius 2 is 1.94 bits per heavy atom. The molecule has 17 heavy (non-hydrogen) atoms. The first-order valence-corrected chi connectivity index (χ1v) is 6.95. The van der Waals surface area contributed by atoms with Gasteiger partial charge in [0, 0.05) is 18.0 Å². The number of carboxylic acids is 1. The number of carboxylic acid groups (broad SMARTS) is 1. The summed E-state index contributed by atoms with van der Waals surface area (Å²) in [6.45, 7) is 3.74. The van der Waals surface area contributed by atoms with Crippen molar-refractivity contribution < 1.29 is 18.3 Å². The van der Waals surface area contributed by atoms with Crippen molar-refractivity contribution in [3.05, 3.63) is 23.8 Å². The van der Waals surface area contributed by atoms with Crippen LogP contribution in [0.5, 0.6) is 0 Å². The van der Waals surface area contributed by atoms with Crippen LogP contribution in [0.4, 0.5) is 5.69 Å². The molecule has 5 nitrogen and oxygen atoms in total. The van der Waals surface area contributed by atoms with E-state index < -0.39 is 15.8 Å². The maximum Gasteiger partial charge on any atom is 0.337 e. The first-order valence-electron chi connectivity index (χ1n) is 5.05. The lowest BCUT2D eigenvalue weighted by molar-refractivity contribution is 0.0697. The number of carbonyl (C=O) groups is 1. The first kappa shape index (κ1) is 13.5. The standard InChI is InChI=1S/C11H15NO4S/c1-7(2)12-10-5-4-8(17(3,15)16)6-9(10)11(13)14/h4-7,12H,1-3H3,(H,13,14). The second-order valence-corrected chi connectivity index (χ2v) is 6.10. The summed E-state index contributed by atoms with van der Waals surface area (Å²) in [4.78, 5) is 11.1. The van der Waals surface area contributed by atoms with Gasteiger partial charge in [0.15, 0.2) is 9.84 Å². The van der Waals surface area contributed by atoms with Crippen molar-refractivity contribution in [3.63, 3.8) is 0 Å². The number of hydrogen-bond acceptors (Lipinski definition) is 4. The molecule has 0 aliphatic carbocycles. The van der Waals surface area contributed by atoms with Crippen LogP contribution in [-0.4, -0.2) is 31.8 Å². The van der Waals surface area contributed by atoms with Gasteiger partial charge in [0.1, 0.15) is 0 Å². The fraction of sp³-hybridized carbons (Fsp3) is 0.364. The van der Waals surface area contributed by atoms with Gasteiger partial charge in [0.05, 0.1) is 10.5 Å². The molecule has 2 N–H and O–H groups in total. The van der Waals surface area contributed by atoms with E-state index in [1.807, 2.05) is 13.8 Å². The lowest BCUT2D eigenvalue weighted by atomic mass is 10.1. The fourth-order valence-electron chi connectivity index (χ4n) is 1.37. The highest BCUT2D eigenvalue weighted by Crippen LogP contribution is 2.21. The second-order valence-electron chi connectivity index (χ2n) is 4.08. The monoisotopic (exact) mass is 257 g/mol. The molecule has 94 valence electrons. The first-order chi connectivity index (χ1) is 7.71. The number of benzene rings is 1. The molecule has 0 aliphatic heterocycles. The molecule has 6 heteroatoms. The average molecular weight is 257 g/mol. The molecule has 0 saturated heterocycles. The van der Waals surface area contributed by atoms with E-state index in [9.17, 15) is 13.2 Å². The fourth-order valence-corrected chi connectivity index (χ4v) is 2.01. The molecule has 0 atom stereocenters. The molecule has 0 bridgehead atoms. The lowest BCUT2D eigenvalue weighted by Gasteiger charge is -2.13. The van der Waals surface area contributed by atoms with Crippen LogP contribution >= 0.6 is 0 Å². The van der Waals surface area contributed by atoms with Gasteiger partial charge in [-0.3, -0.25) is 0 Å². The van der Waals surface area contributed by atoms with E-state index in [4.69, 9.17) is 5.11 Å². The number of nitrogens with one attached hydrogen (secondary N) is 1. The normalized spacial score (nSPS) is 11.5. The largest absolute Gasteiger partial charge is 0.478 e. The van der Waals surface area contributed by atoms with E-state index in [0.717, 1.165) is 6.26 Å². The summed E-state index contributed by atoms with van der Waals surface area (Å²) in [7, 11) is -3.40. The van der Waals surface area contributed by atoms with Gasteiger partial charge < -0.3 is 10.4 Å². The summed E-state index contributed by atoms with van der Waals surface area (Å²) in [5.74, 6) is -1.15. The zero-order chi connectivity index (χ0) is 13.2. The Morgan fingerprint density at radius 3 is 2.35 bits per heavy atom. The summed E-state index contributed by atoms with van der Waals surface area (Å²) in [5, 5.41) is 12.0. The molecule has 0 aromatic heterocycles. The quantitative estimate of drug-likeness (QED) is 0.856. The van der Waals surface area contributed by atoms with Gasteiger partial charge in [0.2, 0.25) is 0 Å². The third-order valence-corrected chi connectivity index (χ3v) is 3.20. The minimum atomic E-state index is -3.40. The number of anilines is 1. The Hall–Kier alpha value is -1.56. The van der Waals surface area contributed by atoms with E-state index >= 15 is 0 Å². The zero-order valence-corrected chi connectivity index (χ0v) is 10.7. The Labute approximate surface area is 100 Å². The van der Waals surface area contributed by atoms with Crippen molar-refractivity contribution in [3.8, 4) is 0 Å². The van der Waals surface area contributed by atoms with E-state index in [0.29, 0.717) is 5.69 Å². The minimum Gasteiger partial charge on any atom is -0.478 e. The van der Waals surface area contributed by atoms with Crippen LogP contribution in [0, 0.1) is 0 Å². The second kappa shape index (κ2) is 4.75. The summed E-state index contributed by atoms with van der Waals surface area (Å²) in [6, 6.07) is 4.10. The van der Waals surface area contributed by atoms with Gasteiger partial charge in [-0.05, 0) is 32.0 Å². The Balaban J connectivity index is 3.32. The van der Waals surface area contributed by atoms with Gasteiger partial charge in [-0.15, -0.1) is 0 Å². The number of rotatable bonds is 4. The molecule has 0 unspecified atom stereocenters. The predicted molar refractivity (Wildman–Crippen MR) is 65.3 cm³/mol. The maximum absolute atomic E-state index is 11.3. The number of hydrogen-bond donors (Lipinski definition) is 2. The summed E-state index contributed by atoms with van der Waals surface area (Å²) in [6.07, 6.45) is 1.05. The Kier molecular flexibility index (Phi) is 3.77. The Bertz CT molecular complexity index is 534. The van der Waals surface area contributed by atoms with Crippen molar-refractivity contribution in [2.24, 2.45) is 0 Å². The topological polar surface area (TPSA) is 83.5 Å². The smallest absolute Gasteiger partial charge is 0.337 e. The van der Waals surface area contributed by atoms with E-state index in [2.05, 4.69) is 5.32 Å². The molecule has 0 saturated carbocycles. The van der Waals surface area contributed by atoms with Gasteiger partial charge in [-0.25, -0.2) is 13.2 Å². The van der Waals surface area contributed by atoms with Crippen molar-refractivity contribution in [2.75, 3.05) is 11.6 Å². The third kappa shape index (κ3) is 3.45. The average Bonchev–Trinajstić information content (AvgIpc) is 2.15. The van der Waals surface area contributed by atoms with E-state index in [1.165, 1.54) is 18.2 Å². The van der Waals surface area contributed by atoms with Crippen molar-refractivity contribution >= 4 is 21.5 Å². The summed E-state index contributed by atoms with van der Waals surface area (Å²) >= 11 is 0. The summed E-state index contributed by atoms with van der Waals surface area (Å²) in [5.41, 5.74) is 0.376. The highest BCUT2D eigenvalue weighted by Gasteiger charge is 2.15. The van der Waals surface area contributed by atoms with Crippen LogP contribution < -0.4 is 5.32 Å². The molecule has 1 rings (SSSR count). The van der Waals surface area contributed by atoms with Crippen LogP contribution in [0.15, 0.2) is 23.1 Å². The van der Waals surface area contributed by atoms with Gasteiger partial charge in [-0.1, -0.05) is 0 Å². The molecule has 0 aliphatic rings. The molecule has 0 radical (unpaired) electrons. The molecule has 0 heterocycles. The summed E-state index contributed by atoms with van der Waals surface area (Å²) < 4.78 is 22.7. The highest BCUT2D eigenvalue weighted by atomic mass is 32.2. The molecular formula is C11H15NO4S. The highest BCUT2D eigenvalue weighted by molar-refractivity contribution is 7.90. The van der Waals surface area contributed by atoms with Crippen LogP contribution in [0.2, 0.25) is 0 Å². The van der Waals surface area contributed by atoms with E-state index in [-0.39, 0.29) is 16.5 Å². The predicted octanol–water partition coefficient (Wildman–Crippen LogP) is 1.61. The molecule has 1 aromatic rings. The number of sulfone groups is 1. The SMILES string of the molecule is CC(C)Nc1ccc(S(C)(=O)=O)cc1C(=O)O. The van der Waals surface area contributed by atoms with Crippen LogP contribution in [-0.2, 0) is 9.84 Å². The molecule has 1 aromatic carbocycles. The molecular weight excluding hydrogens is 242 g/mol. The molecule has 0 amide bonds. The van der Waals surface area contributed by atoms with E-state index in [1.54, 1.807) is 0 Å². The van der Waals surface area contributed by atoms with Crippen molar-refractivity contribution in [1.29, 1.82) is 0 Å². The van der Waals surface area contributed by atoms with Crippen molar-refractivity contribution in [2.45, 2.75) is 24.8 Å². The molecule has 0 spiro atoms. The Morgan fingerprint density at radius 1 is 1.35 bits per heavy atom. The van der Waals surface area contributed by atoms with Crippen LogP contribution in [0.3, 0.4) is 0 Å². The third-order valence-electron chi connectivity index (χ3n) is 2.09. The minimum absolute atomic E-state index is 0.00389. The lowest BCUT2D eigenvalue weighted by Crippen LogP contribution is -2.14.